The van der Waals surface area contributed by atoms with E-state index in [4.69, 9.17) is 9.97 Å². The molecule has 5 rings (SSSR count). The molecule has 3 heterocycles. The van der Waals surface area contributed by atoms with Crippen LogP contribution >= 0.6 is 0 Å². The molecule has 2 aromatic carbocycles. The van der Waals surface area contributed by atoms with Crippen molar-refractivity contribution >= 4 is 16.7 Å². The molecular weight excluding hydrogens is 360 g/mol. The maximum atomic E-state index is 4.79. The van der Waals surface area contributed by atoms with Crippen molar-refractivity contribution in [2.75, 3.05) is 5.32 Å². The van der Waals surface area contributed by atoms with Crippen molar-refractivity contribution in [3.63, 3.8) is 0 Å². The quantitative estimate of drug-likeness (QED) is 0.488. The topological polar surface area (TPSA) is 68.5 Å². The van der Waals surface area contributed by atoms with Crippen molar-refractivity contribution in [2.45, 2.75) is 6.54 Å². The number of fused-ring (bicyclic) bond motifs is 1. The molecule has 0 unspecified atom stereocenters. The summed E-state index contributed by atoms with van der Waals surface area (Å²) in [5, 5.41) is 8.85. The normalized spacial score (nSPS) is 10.9. The Hall–Kier alpha value is -4.06. The molecule has 0 atom stereocenters. The highest BCUT2D eigenvalue weighted by Crippen LogP contribution is 2.25. The zero-order valence-electron chi connectivity index (χ0n) is 15.6. The predicted octanol–water partition coefficient (Wildman–Crippen LogP) is 4.49. The Labute approximate surface area is 167 Å². The van der Waals surface area contributed by atoms with E-state index >= 15 is 0 Å². The molecule has 0 radical (unpaired) electrons. The lowest BCUT2D eigenvalue weighted by atomic mass is 10.1. The first kappa shape index (κ1) is 17.1. The molecule has 5 aromatic rings. The highest BCUT2D eigenvalue weighted by atomic mass is 15.3. The fourth-order valence-corrected chi connectivity index (χ4v) is 3.31. The maximum absolute atomic E-state index is 4.79. The zero-order valence-corrected chi connectivity index (χ0v) is 15.6. The van der Waals surface area contributed by atoms with Crippen molar-refractivity contribution < 1.29 is 0 Å². The Morgan fingerprint density at radius 3 is 2.59 bits per heavy atom. The van der Waals surface area contributed by atoms with Gasteiger partial charge in [-0.1, -0.05) is 30.3 Å². The molecule has 0 saturated heterocycles. The first-order valence-corrected chi connectivity index (χ1v) is 9.37. The molecule has 0 fully saturated rings. The van der Waals surface area contributed by atoms with Gasteiger partial charge in [-0.2, -0.15) is 5.10 Å². The van der Waals surface area contributed by atoms with Crippen LogP contribution in [-0.4, -0.2) is 24.7 Å². The van der Waals surface area contributed by atoms with Gasteiger partial charge in [-0.3, -0.25) is 4.98 Å². The van der Waals surface area contributed by atoms with Crippen molar-refractivity contribution in [2.24, 2.45) is 0 Å². The third kappa shape index (κ3) is 3.43. The second-order valence-electron chi connectivity index (χ2n) is 6.59. The van der Waals surface area contributed by atoms with Gasteiger partial charge in [0.15, 0.2) is 5.82 Å². The predicted molar refractivity (Wildman–Crippen MR) is 114 cm³/mol. The van der Waals surface area contributed by atoms with Crippen LogP contribution in [0.5, 0.6) is 0 Å². The van der Waals surface area contributed by atoms with E-state index in [-0.39, 0.29) is 0 Å². The van der Waals surface area contributed by atoms with Gasteiger partial charge in [0.1, 0.15) is 5.82 Å². The van der Waals surface area contributed by atoms with Crippen LogP contribution in [-0.2, 0) is 6.54 Å². The van der Waals surface area contributed by atoms with Crippen molar-refractivity contribution in [3.8, 4) is 17.1 Å². The van der Waals surface area contributed by atoms with Crippen LogP contribution in [0.25, 0.3) is 28.0 Å². The summed E-state index contributed by atoms with van der Waals surface area (Å²) in [4.78, 5) is 13.7. The Morgan fingerprint density at radius 1 is 0.828 bits per heavy atom. The lowest BCUT2D eigenvalue weighted by molar-refractivity contribution is 0.863. The number of nitrogens with one attached hydrogen (secondary N) is 1. The summed E-state index contributed by atoms with van der Waals surface area (Å²) in [7, 11) is 0. The molecular formula is C23H18N6. The Kier molecular flexibility index (Phi) is 4.42. The van der Waals surface area contributed by atoms with Crippen LogP contribution < -0.4 is 5.32 Å². The SMILES string of the molecule is c1cncc(-c2nc(NCc3ccccc3-n3cccn3)c3ccccc3n2)c1. The van der Waals surface area contributed by atoms with Crippen LogP contribution in [0.15, 0.2) is 91.5 Å². The van der Waals surface area contributed by atoms with Crippen LogP contribution in [0.4, 0.5) is 5.82 Å². The van der Waals surface area contributed by atoms with E-state index in [1.807, 2.05) is 65.5 Å². The summed E-state index contributed by atoms with van der Waals surface area (Å²) >= 11 is 0. The lowest BCUT2D eigenvalue weighted by Gasteiger charge is -2.13. The second kappa shape index (κ2) is 7.52. The van der Waals surface area contributed by atoms with Gasteiger partial charge in [-0.15, -0.1) is 0 Å². The number of aromatic nitrogens is 5. The summed E-state index contributed by atoms with van der Waals surface area (Å²) in [6.45, 7) is 0.615. The first-order valence-electron chi connectivity index (χ1n) is 9.37. The van der Waals surface area contributed by atoms with Gasteiger partial charge in [-0.05, 0) is 42.0 Å². The summed E-state index contributed by atoms with van der Waals surface area (Å²) in [6.07, 6.45) is 7.25. The summed E-state index contributed by atoms with van der Waals surface area (Å²) in [5.74, 6) is 1.45. The molecule has 0 amide bonds. The second-order valence-corrected chi connectivity index (χ2v) is 6.59. The van der Waals surface area contributed by atoms with E-state index in [0.29, 0.717) is 12.4 Å². The molecule has 0 aliphatic heterocycles. The molecule has 29 heavy (non-hydrogen) atoms. The summed E-state index contributed by atoms with van der Waals surface area (Å²) in [6, 6.07) is 22.0. The van der Waals surface area contributed by atoms with E-state index in [2.05, 4.69) is 27.5 Å². The van der Waals surface area contributed by atoms with Crippen molar-refractivity contribution in [3.05, 3.63) is 97.1 Å². The number of rotatable bonds is 5. The van der Waals surface area contributed by atoms with Gasteiger partial charge in [-0.25, -0.2) is 14.6 Å². The molecule has 0 aliphatic carbocycles. The molecule has 6 heteroatoms. The van der Waals surface area contributed by atoms with Crippen LogP contribution in [0, 0.1) is 0 Å². The molecule has 0 spiro atoms. The molecule has 0 bridgehead atoms. The van der Waals surface area contributed by atoms with Crippen molar-refractivity contribution in [1.29, 1.82) is 0 Å². The average molecular weight is 378 g/mol. The highest BCUT2D eigenvalue weighted by Gasteiger charge is 2.11. The largest absolute Gasteiger partial charge is 0.365 e. The number of anilines is 1. The van der Waals surface area contributed by atoms with Crippen LogP contribution in [0.2, 0.25) is 0 Å². The first-order chi connectivity index (χ1) is 14.4. The van der Waals surface area contributed by atoms with E-state index < -0.39 is 0 Å². The Bertz CT molecular complexity index is 1250. The molecule has 140 valence electrons. The monoisotopic (exact) mass is 378 g/mol. The van der Waals surface area contributed by atoms with E-state index in [1.54, 1.807) is 18.6 Å². The van der Waals surface area contributed by atoms with Crippen molar-refractivity contribution in [1.82, 2.24) is 24.7 Å². The summed E-state index contributed by atoms with van der Waals surface area (Å²) in [5.41, 5.74) is 3.94. The lowest BCUT2D eigenvalue weighted by Crippen LogP contribution is -2.07. The standard InChI is InChI=1S/C23H18N6/c1-4-11-21(29-14-6-13-26-29)17(7-1)16-25-23-19-9-2-3-10-20(19)27-22(28-23)18-8-5-12-24-15-18/h1-15H,16H2,(H,25,27,28). The fourth-order valence-electron chi connectivity index (χ4n) is 3.31. The minimum atomic E-state index is 0.615. The van der Waals surface area contributed by atoms with Gasteiger partial charge >= 0.3 is 0 Å². The summed E-state index contributed by atoms with van der Waals surface area (Å²) < 4.78 is 1.87. The Balaban J connectivity index is 1.53. The van der Waals surface area contributed by atoms with Gasteiger partial charge in [0, 0.05) is 42.3 Å². The molecule has 6 nitrogen and oxygen atoms in total. The molecule has 0 saturated carbocycles. The van der Waals surface area contributed by atoms with E-state index in [1.165, 1.54) is 0 Å². The Morgan fingerprint density at radius 2 is 1.72 bits per heavy atom. The number of hydrogen-bond donors (Lipinski definition) is 1. The number of benzene rings is 2. The maximum Gasteiger partial charge on any atom is 0.163 e. The molecule has 1 N–H and O–H groups in total. The third-order valence-corrected chi connectivity index (χ3v) is 4.71. The molecule has 0 aliphatic rings. The minimum Gasteiger partial charge on any atom is -0.365 e. The number of nitrogens with zero attached hydrogens (tertiary/aromatic N) is 5. The average Bonchev–Trinajstić information content (AvgIpc) is 3.33. The zero-order chi connectivity index (χ0) is 19.5. The number of pyridine rings is 1. The van der Waals surface area contributed by atoms with Crippen LogP contribution in [0.1, 0.15) is 5.56 Å². The molecule has 3 aromatic heterocycles. The van der Waals surface area contributed by atoms with E-state index in [0.717, 1.165) is 33.5 Å². The van der Waals surface area contributed by atoms with Gasteiger partial charge < -0.3 is 5.32 Å². The van der Waals surface area contributed by atoms with E-state index in [9.17, 15) is 0 Å². The smallest absolute Gasteiger partial charge is 0.163 e. The number of hydrogen-bond acceptors (Lipinski definition) is 5. The van der Waals surface area contributed by atoms with Gasteiger partial charge in [0.25, 0.3) is 0 Å². The third-order valence-electron chi connectivity index (χ3n) is 4.71. The minimum absolute atomic E-state index is 0.615. The van der Waals surface area contributed by atoms with Gasteiger partial charge in [0.05, 0.1) is 11.2 Å². The van der Waals surface area contributed by atoms with Gasteiger partial charge in [0.2, 0.25) is 0 Å². The number of para-hydroxylation sites is 2. The van der Waals surface area contributed by atoms with Crippen LogP contribution in [0.3, 0.4) is 0 Å². The fraction of sp³-hybridized carbons (Fsp3) is 0.0435. The highest BCUT2D eigenvalue weighted by molar-refractivity contribution is 5.90.